The van der Waals surface area contributed by atoms with E-state index in [1.165, 1.54) is 6.26 Å². The Morgan fingerprint density at radius 1 is 1.44 bits per heavy atom. The summed E-state index contributed by atoms with van der Waals surface area (Å²) >= 11 is 4.48. The highest BCUT2D eigenvalue weighted by molar-refractivity contribution is 7.88. The predicted molar refractivity (Wildman–Crippen MR) is 79.5 cm³/mol. The third kappa shape index (κ3) is 4.11. The third-order valence-corrected chi connectivity index (χ3v) is 5.22. The van der Waals surface area contributed by atoms with E-state index in [9.17, 15) is 8.42 Å². The Bertz CT molecular complexity index is 374. The molecular weight excluding hydrogens is 268 g/mol. The second-order valence-corrected chi connectivity index (χ2v) is 8.78. The molecule has 0 aromatic heterocycles. The minimum Gasteiger partial charge on any atom is -0.288 e. The van der Waals surface area contributed by atoms with Gasteiger partial charge < -0.3 is 0 Å². The Kier molecular flexibility index (Phi) is 5.14. The van der Waals surface area contributed by atoms with Crippen molar-refractivity contribution < 1.29 is 8.42 Å². The summed E-state index contributed by atoms with van der Waals surface area (Å²) < 4.78 is 25.5. The maximum absolute atomic E-state index is 11.9. The standard InChI is InChI=1S/C12H26N2O2S2/c1-10(17)13-8-6-7-11(13)9-14(12(2,3)4)18(5,15)16/h10-11,17H,6-9H2,1-5H3. The Morgan fingerprint density at radius 3 is 2.39 bits per heavy atom. The molecule has 0 amide bonds. The van der Waals surface area contributed by atoms with Gasteiger partial charge in [0, 0.05) is 18.1 Å². The van der Waals surface area contributed by atoms with E-state index in [1.807, 2.05) is 27.7 Å². The number of hydrogen-bond donors (Lipinski definition) is 1. The molecule has 1 heterocycles. The molecule has 0 saturated carbocycles. The van der Waals surface area contributed by atoms with Gasteiger partial charge in [0.15, 0.2) is 0 Å². The smallest absolute Gasteiger partial charge is 0.211 e. The maximum Gasteiger partial charge on any atom is 0.211 e. The minimum atomic E-state index is -3.18. The number of sulfonamides is 1. The quantitative estimate of drug-likeness (QED) is 0.804. The summed E-state index contributed by atoms with van der Waals surface area (Å²) in [4.78, 5) is 2.28. The predicted octanol–water partition coefficient (Wildman–Crippen LogP) is 1.79. The van der Waals surface area contributed by atoms with Gasteiger partial charge in [0.1, 0.15) is 0 Å². The number of nitrogens with zero attached hydrogens (tertiary/aromatic N) is 2. The largest absolute Gasteiger partial charge is 0.288 e. The van der Waals surface area contributed by atoms with Gasteiger partial charge in [-0.1, -0.05) is 0 Å². The molecule has 1 aliphatic rings. The average molecular weight is 294 g/mol. The fourth-order valence-electron chi connectivity index (χ4n) is 2.64. The van der Waals surface area contributed by atoms with Crippen LogP contribution in [0.5, 0.6) is 0 Å². The van der Waals surface area contributed by atoms with Crippen molar-refractivity contribution in [2.24, 2.45) is 0 Å². The van der Waals surface area contributed by atoms with Crippen molar-refractivity contribution >= 4 is 22.7 Å². The summed E-state index contributed by atoms with van der Waals surface area (Å²) in [5.41, 5.74) is -0.373. The van der Waals surface area contributed by atoms with E-state index in [1.54, 1.807) is 4.31 Å². The molecule has 1 saturated heterocycles. The maximum atomic E-state index is 11.9. The van der Waals surface area contributed by atoms with E-state index in [0.29, 0.717) is 6.54 Å². The molecule has 1 rings (SSSR count). The van der Waals surface area contributed by atoms with E-state index in [-0.39, 0.29) is 17.0 Å². The average Bonchev–Trinajstić information content (AvgIpc) is 2.57. The zero-order valence-electron chi connectivity index (χ0n) is 12.0. The van der Waals surface area contributed by atoms with E-state index in [4.69, 9.17) is 0 Å². The Labute approximate surface area is 117 Å². The van der Waals surface area contributed by atoms with E-state index >= 15 is 0 Å². The number of thiol groups is 1. The van der Waals surface area contributed by atoms with Crippen molar-refractivity contribution in [3.63, 3.8) is 0 Å². The molecule has 2 unspecified atom stereocenters. The summed E-state index contributed by atoms with van der Waals surface area (Å²) in [6.07, 6.45) is 3.46. The first-order chi connectivity index (χ1) is 8.03. The number of rotatable bonds is 4. The first-order valence-electron chi connectivity index (χ1n) is 6.45. The van der Waals surface area contributed by atoms with Crippen molar-refractivity contribution in [3.8, 4) is 0 Å². The van der Waals surface area contributed by atoms with Gasteiger partial charge in [-0.25, -0.2) is 8.42 Å². The van der Waals surface area contributed by atoms with Crippen LogP contribution in [-0.4, -0.2) is 53.9 Å². The highest BCUT2D eigenvalue weighted by atomic mass is 32.2. The van der Waals surface area contributed by atoms with Crippen LogP contribution in [0.15, 0.2) is 0 Å². The number of likely N-dealkylation sites (tertiary alicyclic amines) is 1. The van der Waals surface area contributed by atoms with Crippen molar-refractivity contribution in [2.75, 3.05) is 19.3 Å². The van der Waals surface area contributed by atoms with Gasteiger partial charge >= 0.3 is 0 Å². The molecular formula is C12H26N2O2S2. The SMILES string of the molecule is CC(S)N1CCCC1CN(C(C)(C)C)S(C)(=O)=O. The summed E-state index contributed by atoms with van der Waals surface area (Å²) in [6.45, 7) is 9.44. The highest BCUT2D eigenvalue weighted by Gasteiger charge is 2.36. The lowest BCUT2D eigenvalue weighted by atomic mass is 10.1. The third-order valence-electron chi connectivity index (χ3n) is 3.43. The molecule has 6 heteroatoms. The molecule has 4 nitrogen and oxygen atoms in total. The molecule has 0 aliphatic carbocycles. The van der Waals surface area contributed by atoms with Gasteiger partial charge in [-0.2, -0.15) is 16.9 Å². The van der Waals surface area contributed by atoms with Crippen LogP contribution in [0.2, 0.25) is 0 Å². The minimum absolute atomic E-state index is 0.180. The van der Waals surface area contributed by atoms with Crippen LogP contribution in [0.4, 0.5) is 0 Å². The van der Waals surface area contributed by atoms with Gasteiger partial charge in [-0.3, -0.25) is 4.90 Å². The van der Waals surface area contributed by atoms with E-state index < -0.39 is 10.0 Å². The van der Waals surface area contributed by atoms with E-state index in [0.717, 1.165) is 19.4 Å². The molecule has 0 aromatic rings. The molecule has 108 valence electrons. The molecule has 0 aromatic carbocycles. The van der Waals surface area contributed by atoms with Crippen LogP contribution in [0.25, 0.3) is 0 Å². The summed E-state index contributed by atoms with van der Waals surface area (Å²) in [5.74, 6) is 0. The summed E-state index contributed by atoms with van der Waals surface area (Å²) in [6, 6.07) is 0.284. The van der Waals surface area contributed by atoms with Crippen molar-refractivity contribution in [1.82, 2.24) is 9.21 Å². The lowest BCUT2D eigenvalue weighted by Crippen LogP contribution is -2.51. The Hall–Kier alpha value is 0.220. The molecule has 0 N–H and O–H groups in total. The lowest BCUT2D eigenvalue weighted by molar-refractivity contribution is 0.167. The van der Waals surface area contributed by atoms with Crippen LogP contribution in [0, 0.1) is 0 Å². The number of hydrogen-bond acceptors (Lipinski definition) is 4. The normalized spacial score (nSPS) is 24.7. The summed E-state index contributed by atoms with van der Waals surface area (Å²) in [5, 5.41) is 0.180. The van der Waals surface area contributed by atoms with Crippen LogP contribution in [0.1, 0.15) is 40.5 Å². The van der Waals surface area contributed by atoms with Gasteiger partial charge in [0.05, 0.1) is 11.6 Å². The topological polar surface area (TPSA) is 40.6 Å². The monoisotopic (exact) mass is 294 g/mol. The van der Waals surface area contributed by atoms with Crippen molar-refractivity contribution in [3.05, 3.63) is 0 Å². The van der Waals surface area contributed by atoms with Gasteiger partial charge in [0.25, 0.3) is 0 Å². The van der Waals surface area contributed by atoms with Gasteiger partial charge in [-0.15, -0.1) is 0 Å². The molecule has 0 spiro atoms. The van der Waals surface area contributed by atoms with Crippen LogP contribution in [-0.2, 0) is 10.0 Å². The molecule has 1 aliphatic heterocycles. The first kappa shape index (κ1) is 16.3. The van der Waals surface area contributed by atoms with Crippen LogP contribution in [0.3, 0.4) is 0 Å². The van der Waals surface area contributed by atoms with Crippen molar-refractivity contribution in [1.29, 1.82) is 0 Å². The van der Waals surface area contributed by atoms with Crippen molar-refractivity contribution in [2.45, 2.75) is 57.5 Å². The van der Waals surface area contributed by atoms with Gasteiger partial charge in [-0.05, 0) is 47.1 Å². The zero-order valence-corrected chi connectivity index (χ0v) is 13.8. The highest BCUT2D eigenvalue weighted by Crippen LogP contribution is 2.26. The molecule has 2 atom stereocenters. The molecule has 0 radical (unpaired) electrons. The Morgan fingerprint density at radius 2 is 2.00 bits per heavy atom. The van der Waals surface area contributed by atoms with E-state index in [2.05, 4.69) is 17.5 Å². The molecule has 18 heavy (non-hydrogen) atoms. The fraction of sp³-hybridized carbons (Fsp3) is 1.00. The lowest BCUT2D eigenvalue weighted by Gasteiger charge is -2.38. The first-order valence-corrected chi connectivity index (χ1v) is 8.81. The Balaban J connectivity index is 2.85. The second-order valence-electron chi connectivity index (χ2n) is 6.13. The zero-order chi connectivity index (χ0) is 14.1. The second kappa shape index (κ2) is 5.69. The van der Waals surface area contributed by atoms with Crippen LogP contribution < -0.4 is 0 Å². The van der Waals surface area contributed by atoms with Gasteiger partial charge in [0.2, 0.25) is 10.0 Å². The molecule has 1 fully saturated rings. The molecule has 0 bridgehead atoms. The fourth-order valence-corrected chi connectivity index (χ4v) is 4.39. The van der Waals surface area contributed by atoms with Crippen LogP contribution >= 0.6 is 12.6 Å². The summed E-state index contributed by atoms with van der Waals surface area (Å²) in [7, 11) is -3.18.